The summed E-state index contributed by atoms with van der Waals surface area (Å²) in [6, 6.07) is 4.88. The predicted molar refractivity (Wildman–Crippen MR) is 57.9 cm³/mol. The molecule has 0 bridgehead atoms. The first-order chi connectivity index (χ1) is 6.27. The van der Waals surface area contributed by atoms with Gasteiger partial charge >= 0.3 is 0 Å². The Kier molecular flexibility index (Phi) is 3.38. The standard InChI is InChI=1S/C10H11NO2.ClH/c12-9-2-1-7(5-10(9)13)8-3-4-11-6-8;/h1-3,5,11-13H,4,6H2;1H. The molecule has 4 heteroatoms. The molecule has 1 aromatic carbocycles. The van der Waals surface area contributed by atoms with E-state index in [0.717, 1.165) is 24.2 Å². The maximum Gasteiger partial charge on any atom is 0.158 e. The molecule has 0 spiro atoms. The molecule has 0 amide bonds. The lowest BCUT2D eigenvalue weighted by molar-refractivity contribution is 0.403. The fraction of sp³-hybridized carbons (Fsp3) is 0.200. The number of aromatic hydroxyl groups is 2. The highest BCUT2D eigenvalue weighted by atomic mass is 35.5. The SMILES string of the molecule is Cl.Oc1ccc(C2=CCNC2)cc1O. The first-order valence-electron chi connectivity index (χ1n) is 4.19. The highest BCUT2D eigenvalue weighted by Gasteiger charge is 2.08. The molecule has 0 aromatic heterocycles. The van der Waals surface area contributed by atoms with E-state index in [-0.39, 0.29) is 23.9 Å². The third kappa shape index (κ3) is 2.00. The van der Waals surface area contributed by atoms with Crippen LogP contribution in [0.3, 0.4) is 0 Å². The van der Waals surface area contributed by atoms with Crippen LogP contribution < -0.4 is 5.32 Å². The molecular weight excluding hydrogens is 202 g/mol. The quantitative estimate of drug-likeness (QED) is 0.620. The summed E-state index contributed by atoms with van der Waals surface area (Å²) in [5, 5.41) is 21.5. The van der Waals surface area contributed by atoms with Crippen LogP contribution in [0, 0.1) is 0 Å². The van der Waals surface area contributed by atoms with Crippen LogP contribution in [0.25, 0.3) is 5.57 Å². The first kappa shape index (κ1) is 10.9. The molecule has 1 aromatic rings. The number of hydrogen-bond donors (Lipinski definition) is 3. The molecule has 0 saturated heterocycles. The van der Waals surface area contributed by atoms with Gasteiger partial charge in [-0.3, -0.25) is 0 Å². The van der Waals surface area contributed by atoms with Crippen LogP contribution >= 0.6 is 12.4 Å². The molecule has 1 aliphatic heterocycles. The molecule has 3 N–H and O–H groups in total. The van der Waals surface area contributed by atoms with Crippen molar-refractivity contribution in [2.24, 2.45) is 0 Å². The molecule has 0 unspecified atom stereocenters. The highest BCUT2D eigenvalue weighted by molar-refractivity contribution is 5.85. The summed E-state index contributed by atoms with van der Waals surface area (Å²) in [5.74, 6) is -0.138. The van der Waals surface area contributed by atoms with Gasteiger partial charge in [0.05, 0.1) is 0 Å². The smallest absolute Gasteiger partial charge is 0.158 e. The largest absolute Gasteiger partial charge is 0.504 e. The van der Waals surface area contributed by atoms with Gasteiger partial charge in [-0.05, 0) is 23.3 Å². The van der Waals surface area contributed by atoms with Gasteiger partial charge in [0.1, 0.15) is 0 Å². The molecule has 1 heterocycles. The van der Waals surface area contributed by atoms with Crippen LogP contribution in [0.2, 0.25) is 0 Å². The molecule has 76 valence electrons. The number of rotatable bonds is 1. The molecule has 14 heavy (non-hydrogen) atoms. The summed E-state index contributed by atoms with van der Waals surface area (Å²) in [7, 11) is 0. The highest BCUT2D eigenvalue weighted by Crippen LogP contribution is 2.28. The molecule has 0 saturated carbocycles. The predicted octanol–water partition coefficient (Wildman–Crippen LogP) is 1.51. The van der Waals surface area contributed by atoms with Crippen LogP contribution in [-0.4, -0.2) is 23.3 Å². The third-order valence-electron chi connectivity index (χ3n) is 2.15. The number of benzene rings is 1. The van der Waals surface area contributed by atoms with Crippen LogP contribution in [-0.2, 0) is 0 Å². The molecule has 0 aliphatic carbocycles. The van der Waals surface area contributed by atoms with E-state index in [2.05, 4.69) is 11.4 Å². The minimum absolute atomic E-state index is 0. The Morgan fingerprint density at radius 3 is 2.50 bits per heavy atom. The monoisotopic (exact) mass is 213 g/mol. The van der Waals surface area contributed by atoms with Crippen molar-refractivity contribution in [3.8, 4) is 11.5 Å². The van der Waals surface area contributed by atoms with Crippen molar-refractivity contribution >= 4 is 18.0 Å². The summed E-state index contributed by atoms with van der Waals surface area (Å²) in [4.78, 5) is 0. The van der Waals surface area contributed by atoms with Crippen molar-refractivity contribution in [3.63, 3.8) is 0 Å². The van der Waals surface area contributed by atoms with Gasteiger partial charge in [0.25, 0.3) is 0 Å². The zero-order chi connectivity index (χ0) is 9.26. The Bertz CT molecular complexity index is 363. The van der Waals surface area contributed by atoms with Crippen LogP contribution in [0.4, 0.5) is 0 Å². The number of nitrogens with one attached hydrogen (secondary N) is 1. The van der Waals surface area contributed by atoms with Crippen LogP contribution in [0.5, 0.6) is 11.5 Å². The Labute approximate surface area is 88.5 Å². The summed E-state index contributed by atoms with van der Waals surface area (Å²) in [6.07, 6.45) is 2.08. The summed E-state index contributed by atoms with van der Waals surface area (Å²) in [5.41, 5.74) is 2.12. The first-order valence-corrected chi connectivity index (χ1v) is 4.19. The van der Waals surface area contributed by atoms with Gasteiger partial charge in [0, 0.05) is 13.1 Å². The van der Waals surface area contributed by atoms with E-state index in [1.54, 1.807) is 12.1 Å². The van der Waals surface area contributed by atoms with Crippen molar-refractivity contribution in [1.82, 2.24) is 5.32 Å². The molecule has 0 fully saturated rings. The fourth-order valence-corrected chi connectivity index (χ4v) is 1.42. The maximum atomic E-state index is 9.26. The van der Waals surface area contributed by atoms with Gasteiger partial charge in [-0.1, -0.05) is 12.1 Å². The Morgan fingerprint density at radius 1 is 1.14 bits per heavy atom. The van der Waals surface area contributed by atoms with Crippen LogP contribution in [0.1, 0.15) is 5.56 Å². The van der Waals surface area contributed by atoms with Crippen molar-refractivity contribution in [3.05, 3.63) is 29.8 Å². The minimum atomic E-state index is -0.0738. The van der Waals surface area contributed by atoms with Crippen LogP contribution in [0.15, 0.2) is 24.3 Å². The number of phenols is 2. The van der Waals surface area contributed by atoms with E-state index >= 15 is 0 Å². The van der Waals surface area contributed by atoms with E-state index in [9.17, 15) is 5.11 Å². The van der Waals surface area contributed by atoms with Gasteiger partial charge in [0.2, 0.25) is 0 Å². The average molecular weight is 214 g/mol. The van der Waals surface area contributed by atoms with Gasteiger partial charge in [-0.2, -0.15) is 0 Å². The summed E-state index contributed by atoms with van der Waals surface area (Å²) < 4.78 is 0. The van der Waals surface area contributed by atoms with E-state index in [4.69, 9.17) is 5.11 Å². The number of halogens is 1. The lowest BCUT2D eigenvalue weighted by Crippen LogP contribution is -2.07. The second kappa shape index (κ2) is 4.35. The normalized spacial score (nSPS) is 14.7. The molecular formula is C10H12ClNO2. The van der Waals surface area contributed by atoms with E-state index in [1.807, 2.05) is 0 Å². The van der Waals surface area contributed by atoms with Gasteiger partial charge in [0.15, 0.2) is 11.5 Å². The average Bonchev–Trinajstić information content (AvgIpc) is 2.62. The van der Waals surface area contributed by atoms with Crippen molar-refractivity contribution < 1.29 is 10.2 Å². The Morgan fingerprint density at radius 2 is 1.93 bits per heavy atom. The second-order valence-corrected chi connectivity index (χ2v) is 3.06. The van der Waals surface area contributed by atoms with E-state index in [0.29, 0.717) is 0 Å². The summed E-state index contributed by atoms with van der Waals surface area (Å²) in [6.45, 7) is 1.70. The van der Waals surface area contributed by atoms with E-state index < -0.39 is 0 Å². The van der Waals surface area contributed by atoms with Gasteiger partial charge in [-0.15, -0.1) is 12.4 Å². The molecule has 3 nitrogen and oxygen atoms in total. The van der Waals surface area contributed by atoms with Crippen molar-refractivity contribution in [2.75, 3.05) is 13.1 Å². The van der Waals surface area contributed by atoms with Crippen molar-refractivity contribution in [1.29, 1.82) is 0 Å². The zero-order valence-corrected chi connectivity index (χ0v) is 8.34. The van der Waals surface area contributed by atoms with Gasteiger partial charge < -0.3 is 15.5 Å². The van der Waals surface area contributed by atoms with Gasteiger partial charge in [-0.25, -0.2) is 0 Å². The molecule has 1 aliphatic rings. The summed E-state index contributed by atoms with van der Waals surface area (Å²) >= 11 is 0. The van der Waals surface area contributed by atoms with E-state index in [1.165, 1.54) is 6.07 Å². The van der Waals surface area contributed by atoms with Crippen molar-refractivity contribution in [2.45, 2.75) is 0 Å². The lowest BCUT2D eigenvalue weighted by atomic mass is 10.1. The maximum absolute atomic E-state index is 9.26. The minimum Gasteiger partial charge on any atom is -0.504 e. The number of phenolic OH excluding ortho intramolecular Hbond substituents is 2. The lowest BCUT2D eigenvalue weighted by Gasteiger charge is -2.03. The second-order valence-electron chi connectivity index (χ2n) is 3.06. The third-order valence-corrected chi connectivity index (χ3v) is 2.15. The molecule has 0 atom stereocenters. The molecule has 0 radical (unpaired) electrons. The topological polar surface area (TPSA) is 52.5 Å². The number of hydrogen-bond acceptors (Lipinski definition) is 3. The Balaban J connectivity index is 0.000000980. The zero-order valence-electron chi connectivity index (χ0n) is 7.53. The molecule has 2 rings (SSSR count). The fourth-order valence-electron chi connectivity index (χ4n) is 1.42. The Hall–Kier alpha value is -1.19.